The smallest absolute Gasteiger partial charge is 0.151 e. The van der Waals surface area contributed by atoms with Gasteiger partial charge in [0.2, 0.25) is 0 Å². The fraction of sp³-hybridized carbons (Fsp3) is 0.867. The zero-order chi connectivity index (χ0) is 15.1. The van der Waals surface area contributed by atoms with Crippen LogP contribution < -0.4 is 5.32 Å². The summed E-state index contributed by atoms with van der Waals surface area (Å²) in [6, 6.07) is 0. The van der Waals surface area contributed by atoms with E-state index in [0.29, 0.717) is 25.2 Å². The van der Waals surface area contributed by atoms with Gasteiger partial charge in [0.15, 0.2) is 5.82 Å². The summed E-state index contributed by atoms with van der Waals surface area (Å²) in [5.41, 5.74) is 0. The molecular formula is C15H28N4O2. The molecule has 21 heavy (non-hydrogen) atoms. The summed E-state index contributed by atoms with van der Waals surface area (Å²) in [6.07, 6.45) is 7.29. The van der Waals surface area contributed by atoms with E-state index in [1.54, 1.807) is 11.0 Å². The van der Waals surface area contributed by atoms with Crippen LogP contribution in [0.15, 0.2) is 6.33 Å². The highest BCUT2D eigenvalue weighted by molar-refractivity contribution is 4.82. The molecule has 1 aliphatic carbocycles. The summed E-state index contributed by atoms with van der Waals surface area (Å²) in [5, 5.41) is 17.4. The van der Waals surface area contributed by atoms with E-state index >= 15 is 0 Å². The number of aliphatic hydroxyl groups is 1. The average molecular weight is 296 g/mol. The summed E-state index contributed by atoms with van der Waals surface area (Å²) in [4.78, 5) is 4.16. The first kappa shape index (κ1) is 16.4. The van der Waals surface area contributed by atoms with Gasteiger partial charge in [-0.3, -0.25) is 4.68 Å². The highest BCUT2D eigenvalue weighted by Gasteiger charge is 2.22. The number of aromatic nitrogens is 3. The molecule has 1 aromatic heterocycles. The fourth-order valence-corrected chi connectivity index (χ4v) is 2.79. The third-order valence-corrected chi connectivity index (χ3v) is 4.09. The Morgan fingerprint density at radius 3 is 3.00 bits per heavy atom. The van der Waals surface area contributed by atoms with Crippen LogP contribution in [0.25, 0.3) is 0 Å². The SMILES string of the molecule is CC1CCCCC1OCC(O)CNCCc1ncn(C)n1. The highest BCUT2D eigenvalue weighted by atomic mass is 16.5. The van der Waals surface area contributed by atoms with Gasteiger partial charge < -0.3 is 15.2 Å². The predicted molar refractivity (Wildman–Crippen MR) is 81.0 cm³/mol. The lowest BCUT2D eigenvalue weighted by Crippen LogP contribution is -2.35. The molecule has 0 spiro atoms. The Labute approximate surface area is 126 Å². The van der Waals surface area contributed by atoms with Crippen molar-refractivity contribution in [3.8, 4) is 0 Å². The van der Waals surface area contributed by atoms with E-state index in [9.17, 15) is 5.11 Å². The lowest BCUT2D eigenvalue weighted by atomic mass is 9.88. The molecule has 1 aliphatic rings. The van der Waals surface area contributed by atoms with Crippen LogP contribution in [-0.4, -0.2) is 51.8 Å². The van der Waals surface area contributed by atoms with Crippen molar-refractivity contribution in [1.29, 1.82) is 0 Å². The fourth-order valence-electron chi connectivity index (χ4n) is 2.79. The second-order valence-electron chi connectivity index (χ2n) is 6.08. The van der Waals surface area contributed by atoms with Gasteiger partial charge in [-0.25, -0.2) is 4.98 Å². The minimum Gasteiger partial charge on any atom is -0.389 e. The van der Waals surface area contributed by atoms with Crippen LogP contribution in [0.1, 0.15) is 38.4 Å². The Kier molecular flexibility index (Phi) is 6.60. The molecule has 2 rings (SSSR count). The van der Waals surface area contributed by atoms with E-state index in [1.807, 2.05) is 7.05 Å². The molecule has 0 radical (unpaired) electrons. The molecule has 0 amide bonds. The van der Waals surface area contributed by atoms with Crippen molar-refractivity contribution in [2.45, 2.75) is 51.2 Å². The first-order valence-corrected chi connectivity index (χ1v) is 8.00. The standard InChI is InChI=1S/C15H28N4O2/c1-12-5-3-4-6-14(12)21-10-13(20)9-16-8-7-15-17-11-19(2)18-15/h11-14,16,20H,3-10H2,1-2H3. The van der Waals surface area contributed by atoms with Crippen molar-refractivity contribution in [2.24, 2.45) is 13.0 Å². The zero-order valence-electron chi connectivity index (χ0n) is 13.2. The van der Waals surface area contributed by atoms with Crippen LogP contribution in [0.2, 0.25) is 0 Å². The topological polar surface area (TPSA) is 72.2 Å². The highest BCUT2D eigenvalue weighted by Crippen LogP contribution is 2.26. The average Bonchev–Trinajstić information content (AvgIpc) is 2.88. The van der Waals surface area contributed by atoms with Gasteiger partial charge in [-0.05, 0) is 18.8 Å². The number of aliphatic hydroxyl groups excluding tert-OH is 1. The predicted octanol–water partition coefficient (Wildman–Crippen LogP) is 0.903. The van der Waals surface area contributed by atoms with Crippen LogP contribution in [0.4, 0.5) is 0 Å². The second kappa shape index (κ2) is 8.46. The van der Waals surface area contributed by atoms with E-state index in [4.69, 9.17) is 4.74 Å². The largest absolute Gasteiger partial charge is 0.389 e. The second-order valence-corrected chi connectivity index (χ2v) is 6.08. The van der Waals surface area contributed by atoms with Gasteiger partial charge in [-0.2, -0.15) is 5.10 Å². The maximum Gasteiger partial charge on any atom is 0.151 e. The maximum atomic E-state index is 9.94. The minimum absolute atomic E-state index is 0.325. The summed E-state index contributed by atoms with van der Waals surface area (Å²) in [6.45, 7) is 3.98. The summed E-state index contributed by atoms with van der Waals surface area (Å²) < 4.78 is 7.56. The molecule has 0 aromatic carbocycles. The van der Waals surface area contributed by atoms with Gasteiger partial charge in [0.1, 0.15) is 6.33 Å². The van der Waals surface area contributed by atoms with Crippen molar-refractivity contribution in [1.82, 2.24) is 20.1 Å². The molecule has 3 unspecified atom stereocenters. The number of aryl methyl sites for hydroxylation is 1. The van der Waals surface area contributed by atoms with E-state index in [-0.39, 0.29) is 0 Å². The van der Waals surface area contributed by atoms with Crippen LogP contribution in [0, 0.1) is 5.92 Å². The number of hydrogen-bond donors (Lipinski definition) is 2. The minimum atomic E-state index is -0.448. The molecule has 1 heterocycles. The van der Waals surface area contributed by atoms with Gasteiger partial charge in [-0.1, -0.05) is 19.8 Å². The van der Waals surface area contributed by atoms with Crippen molar-refractivity contribution in [3.05, 3.63) is 12.2 Å². The molecule has 1 fully saturated rings. The van der Waals surface area contributed by atoms with Crippen molar-refractivity contribution >= 4 is 0 Å². The quantitative estimate of drug-likeness (QED) is 0.698. The third-order valence-electron chi connectivity index (χ3n) is 4.09. The Morgan fingerprint density at radius 2 is 2.29 bits per heavy atom. The maximum absolute atomic E-state index is 9.94. The van der Waals surface area contributed by atoms with E-state index in [0.717, 1.165) is 25.2 Å². The molecule has 0 aliphatic heterocycles. The molecule has 2 N–H and O–H groups in total. The molecule has 1 saturated carbocycles. The van der Waals surface area contributed by atoms with Crippen LogP contribution in [0.3, 0.4) is 0 Å². The van der Waals surface area contributed by atoms with E-state index in [1.165, 1.54) is 19.3 Å². The van der Waals surface area contributed by atoms with Gasteiger partial charge in [0, 0.05) is 26.6 Å². The molecule has 0 bridgehead atoms. The van der Waals surface area contributed by atoms with E-state index < -0.39 is 6.10 Å². The van der Waals surface area contributed by atoms with E-state index in [2.05, 4.69) is 22.3 Å². The molecule has 3 atom stereocenters. The van der Waals surface area contributed by atoms with Gasteiger partial charge in [0.05, 0.1) is 18.8 Å². The van der Waals surface area contributed by atoms with Crippen molar-refractivity contribution in [2.75, 3.05) is 19.7 Å². The van der Waals surface area contributed by atoms with Crippen molar-refractivity contribution < 1.29 is 9.84 Å². The summed E-state index contributed by atoms with van der Waals surface area (Å²) in [7, 11) is 1.86. The monoisotopic (exact) mass is 296 g/mol. The summed E-state index contributed by atoms with van der Waals surface area (Å²) in [5.74, 6) is 1.45. The van der Waals surface area contributed by atoms with Crippen molar-refractivity contribution in [3.63, 3.8) is 0 Å². The first-order valence-electron chi connectivity index (χ1n) is 8.00. The summed E-state index contributed by atoms with van der Waals surface area (Å²) >= 11 is 0. The van der Waals surface area contributed by atoms with Crippen LogP contribution in [0.5, 0.6) is 0 Å². The lowest BCUT2D eigenvalue weighted by molar-refractivity contribution is -0.0450. The Morgan fingerprint density at radius 1 is 1.48 bits per heavy atom. The number of nitrogens with one attached hydrogen (secondary N) is 1. The Balaban J connectivity index is 1.54. The Hall–Kier alpha value is -0.980. The third kappa shape index (κ3) is 5.73. The number of rotatable bonds is 8. The van der Waals surface area contributed by atoms with Crippen LogP contribution >= 0.6 is 0 Å². The Bertz CT molecular complexity index is 410. The molecule has 6 heteroatoms. The van der Waals surface area contributed by atoms with Crippen LogP contribution in [-0.2, 0) is 18.2 Å². The molecule has 120 valence electrons. The molecule has 1 aromatic rings. The molecular weight excluding hydrogens is 268 g/mol. The normalized spacial score (nSPS) is 24.1. The lowest BCUT2D eigenvalue weighted by Gasteiger charge is -2.29. The zero-order valence-corrected chi connectivity index (χ0v) is 13.2. The first-order chi connectivity index (χ1) is 10.1. The number of nitrogens with zero attached hydrogens (tertiary/aromatic N) is 3. The van der Waals surface area contributed by atoms with Gasteiger partial charge in [0.25, 0.3) is 0 Å². The molecule has 0 saturated heterocycles. The number of hydrogen-bond acceptors (Lipinski definition) is 5. The van der Waals surface area contributed by atoms with Gasteiger partial charge in [-0.15, -0.1) is 0 Å². The molecule has 6 nitrogen and oxygen atoms in total. The number of ether oxygens (including phenoxy) is 1. The van der Waals surface area contributed by atoms with Gasteiger partial charge >= 0.3 is 0 Å².